The minimum absolute atomic E-state index is 0.0130. The van der Waals surface area contributed by atoms with E-state index in [1.165, 1.54) is 12.8 Å². The van der Waals surface area contributed by atoms with E-state index in [1.54, 1.807) is 6.20 Å². The Labute approximate surface area is 142 Å². The fourth-order valence-electron chi connectivity index (χ4n) is 3.31. The van der Waals surface area contributed by atoms with Crippen molar-refractivity contribution in [2.24, 2.45) is 5.92 Å². The molecule has 0 radical (unpaired) electrons. The summed E-state index contributed by atoms with van der Waals surface area (Å²) in [6.07, 6.45) is 6.68. The molecule has 2 fully saturated rings. The summed E-state index contributed by atoms with van der Waals surface area (Å²) in [6.45, 7) is 3.30. The van der Waals surface area contributed by atoms with Gasteiger partial charge in [0.2, 0.25) is 5.91 Å². The SMILES string of the molecule is O=C1CCC(C(=O)NCCNc2cc(N3CCCC3)cnn2)CC1. The van der Waals surface area contributed by atoms with Gasteiger partial charge in [0.1, 0.15) is 5.78 Å². The number of carbonyl (C=O) groups excluding carboxylic acids is 2. The van der Waals surface area contributed by atoms with Gasteiger partial charge in [-0.1, -0.05) is 0 Å². The molecule has 1 saturated heterocycles. The Bertz CT molecular complexity index is 576. The van der Waals surface area contributed by atoms with Crippen LogP contribution >= 0.6 is 0 Å². The number of nitrogens with one attached hydrogen (secondary N) is 2. The van der Waals surface area contributed by atoms with Crippen LogP contribution in [0, 0.1) is 5.92 Å². The molecule has 1 aliphatic carbocycles. The number of carbonyl (C=O) groups is 2. The maximum atomic E-state index is 12.1. The summed E-state index contributed by atoms with van der Waals surface area (Å²) in [4.78, 5) is 25.6. The molecule has 0 unspecified atom stereocenters. The highest BCUT2D eigenvalue weighted by molar-refractivity contribution is 5.84. The highest BCUT2D eigenvalue weighted by Crippen LogP contribution is 2.22. The molecular weight excluding hydrogens is 306 g/mol. The van der Waals surface area contributed by atoms with E-state index >= 15 is 0 Å². The number of nitrogens with zero attached hydrogens (tertiary/aromatic N) is 3. The Morgan fingerprint density at radius 3 is 2.71 bits per heavy atom. The number of hydrogen-bond acceptors (Lipinski definition) is 6. The molecule has 0 aromatic carbocycles. The Kier molecular flexibility index (Phi) is 5.61. The maximum Gasteiger partial charge on any atom is 0.223 e. The van der Waals surface area contributed by atoms with E-state index < -0.39 is 0 Å². The first-order valence-corrected chi connectivity index (χ1v) is 8.83. The fraction of sp³-hybridized carbons (Fsp3) is 0.647. The lowest BCUT2D eigenvalue weighted by Crippen LogP contribution is -2.36. The number of hydrogen-bond donors (Lipinski definition) is 2. The van der Waals surface area contributed by atoms with Crippen LogP contribution in [0.1, 0.15) is 38.5 Å². The van der Waals surface area contributed by atoms with Gasteiger partial charge in [-0.15, -0.1) is 5.10 Å². The van der Waals surface area contributed by atoms with Crippen molar-refractivity contribution >= 4 is 23.2 Å². The summed E-state index contributed by atoms with van der Waals surface area (Å²) in [7, 11) is 0. The van der Waals surface area contributed by atoms with Crippen LogP contribution in [-0.2, 0) is 9.59 Å². The minimum Gasteiger partial charge on any atom is -0.370 e. The molecule has 2 N–H and O–H groups in total. The molecule has 130 valence electrons. The van der Waals surface area contributed by atoms with Gasteiger partial charge in [-0.05, 0) is 25.7 Å². The third-order valence-electron chi connectivity index (χ3n) is 4.76. The van der Waals surface area contributed by atoms with Crippen LogP contribution in [0.2, 0.25) is 0 Å². The average molecular weight is 331 g/mol. The molecule has 1 aromatic rings. The van der Waals surface area contributed by atoms with E-state index in [0.717, 1.165) is 24.6 Å². The summed E-state index contributed by atoms with van der Waals surface area (Å²) >= 11 is 0. The first kappa shape index (κ1) is 16.7. The van der Waals surface area contributed by atoms with Gasteiger partial charge >= 0.3 is 0 Å². The minimum atomic E-state index is -0.0130. The van der Waals surface area contributed by atoms with Gasteiger partial charge in [0, 0.05) is 51.0 Å². The average Bonchev–Trinajstić information content (AvgIpc) is 3.14. The van der Waals surface area contributed by atoms with E-state index in [2.05, 4.69) is 25.7 Å². The number of anilines is 2. The molecule has 1 aromatic heterocycles. The Hall–Kier alpha value is -2.18. The third kappa shape index (κ3) is 4.43. The number of aromatic nitrogens is 2. The molecule has 7 nitrogen and oxygen atoms in total. The summed E-state index contributed by atoms with van der Waals surface area (Å²) in [5.74, 6) is 1.05. The third-order valence-corrected chi connectivity index (χ3v) is 4.76. The second kappa shape index (κ2) is 8.08. The number of ketones is 1. The van der Waals surface area contributed by atoms with Gasteiger partial charge in [-0.3, -0.25) is 9.59 Å². The molecule has 0 spiro atoms. The topological polar surface area (TPSA) is 87.2 Å². The molecular formula is C17H25N5O2. The first-order chi connectivity index (χ1) is 11.7. The number of Topliss-reactive ketones (excluding diaryl/α,β-unsaturated/α-hetero) is 1. The lowest BCUT2D eigenvalue weighted by Gasteiger charge is -2.20. The summed E-state index contributed by atoms with van der Waals surface area (Å²) < 4.78 is 0. The molecule has 2 aliphatic rings. The summed E-state index contributed by atoms with van der Waals surface area (Å²) in [5.41, 5.74) is 1.10. The molecule has 7 heteroatoms. The largest absolute Gasteiger partial charge is 0.370 e. The maximum absolute atomic E-state index is 12.1. The van der Waals surface area contributed by atoms with Crippen molar-refractivity contribution in [2.75, 3.05) is 36.4 Å². The second-order valence-electron chi connectivity index (χ2n) is 6.52. The van der Waals surface area contributed by atoms with Crippen molar-refractivity contribution in [3.8, 4) is 0 Å². The second-order valence-corrected chi connectivity index (χ2v) is 6.52. The van der Waals surface area contributed by atoms with Gasteiger partial charge in [0.05, 0.1) is 11.9 Å². The molecule has 1 saturated carbocycles. The van der Waals surface area contributed by atoms with Crippen LogP contribution in [0.3, 0.4) is 0 Å². The van der Waals surface area contributed by atoms with Crippen molar-refractivity contribution < 1.29 is 9.59 Å². The summed E-state index contributed by atoms with van der Waals surface area (Å²) in [5, 5.41) is 14.3. The molecule has 1 aliphatic heterocycles. The normalized spacial score (nSPS) is 18.7. The predicted molar refractivity (Wildman–Crippen MR) is 91.9 cm³/mol. The van der Waals surface area contributed by atoms with Crippen molar-refractivity contribution in [3.05, 3.63) is 12.3 Å². The quantitative estimate of drug-likeness (QED) is 0.766. The first-order valence-electron chi connectivity index (χ1n) is 8.83. The van der Waals surface area contributed by atoms with Crippen molar-refractivity contribution in [2.45, 2.75) is 38.5 Å². The van der Waals surface area contributed by atoms with Gasteiger partial charge in [-0.2, -0.15) is 5.10 Å². The molecule has 2 heterocycles. The van der Waals surface area contributed by atoms with Gasteiger partial charge in [-0.25, -0.2) is 0 Å². The fourth-order valence-corrected chi connectivity index (χ4v) is 3.31. The Morgan fingerprint density at radius 1 is 1.21 bits per heavy atom. The van der Waals surface area contributed by atoms with Crippen LogP contribution in [0.15, 0.2) is 12.3 Å². The molecule has 24 heavy (non-hydrogen) atoms. The Balaban J connectivity index is 1.39. The standard InChI is InChI=1S/C17H25N5O2/c23-15-5-3-13(4-6-15)17(24)19-8-7-18-16-11-14(12-20-21-16)22-9-1-2-10-22/h11-13H,1-10H2,(H,18,21)(H,19,24). The van der Waals surface area contributed by atoms with Gasteiger partial charge in [0.15, 0.2) is 5.82 Å². The van der Waals surface area contributed by atoms with Gasteiger partial charge < -0.3 is 15.5 Å². The van der Waals surface area contributed by atoms with Crippen LogP contribution in [0.25, 0.3) is 0 Å². The van der Waals surface area contributed by atoms with Crippen LogP contribution < -0.4 is 15.5 Å². The highest BCUT2D eigenvalue weighted by Gasteiger charge is 2.24. The molecule has 0 bridgehead atoms. The zero-order valence-electron chi connectivity index (χ0n) is 14.0. The van der Waals surface area contributed by atoms with Crippen molar-refractivity contribution in [3.63, 3.8) is 0 Å². The lowest BCUT2D eigenvalue weighted by molar-refractivity contribution is -0.128. The molecule has 1 amide bonds. The monoisotopic (exact) mass is 331 g/mol. The number of amides is 1. The predicted octanol–water partition coefficient (Wildman–Crippen LogP) is 1.36. The van der Waals surface area contributed by atoms with Crippen LogP contribution in [0.5, 0.6) is 0 Å². The lowest BCUT2D eigenvalue weighted by atomic mass is 9.88. The summed E-state index contributed by atoms with van der Waals surface area (Å²) in [6, 6.07) is 2.01. The van der Waals surface area contributed by atoms with E-state index in [-0.39, 0.29) is 17.6 Å². The van der Waals surface area contributed by atoms with E-state index in [0.29, 0.717) is 38.8 Å². The zero-order chi connectivity index (χ0) is 16.8. The van der Waals surface area contributed by atoms with E-state index in [1.807, 2.05) is 6.07 Å². The van der Waals surface area contributed by atoms with Crippen LogP contribution in [-0.4, -0.2) is 48.1 Å². The number of rotatable bonds is 6. The van der Waals surface area contributed by atoms with E-state index in [4.69, 9.17) is 0 Å². The Morgan fingerprint density at radius 2 is 1.96 bits per heavy atom. The highest BCUT2D eigenvalue weighted by atomic mass is 16.2. The van der Waals surface area contributed by atoms with E-state index in [9.17, 15) is 9.59 Å². The smallest absolute Gasteiger partial charge is 0.223 e. The van der Waals surface area contributed by atoms with Crippen molar-refractivity contribution in [1.82, 2.24) is 15.5 Å². The zero-order valence-corrected chi connectivity index (χ0v) is 14.0. The van der Waals surface area contributed by atoms with Gasteiger partial charge in [0.25, 0.3) is 0 Å². The molecule has 0 atom stereocenters. The van der Waals surface area contributed by atoms with Crippen LogP contribution in [0.4, 0.5) is 11.5 Å². The molecule has 3 rings (SSSR count). The van der Waals surface area contributed by atoms with Crippen molar-refractivity contribution in [1.29, 1.82) is 0 Å².